The summed E-state index contributed by atoms with van der Waals surface area (Å²) in [5.41, 5.74) is 1.76. The molecule has 0 aromatic heterocycles. The number of thioether (sulfide) groups is 1. The number of ether oxygens (including phenoxy) is 2. The fourth-order valence-corrected chi connectivity index (χ4v) is 4.69. The van der Waals surface area contributed by atoms with Crippen molar-refractivity contribution in [3.05, 3.63) is 97.9 Å². The first kappa shape index (κ1) is 23.7. The SMILES string of the molecule is COc1cccc(/C=C2\SC(=S)N(c3cccc([N+](=O)[O-])c3)C2=O)c1OCc1ccc(Cl)cc1. The number of nitro groups is 1. The summed E-state index contributed by atoms with van der Waals surface area (Å²) in [6.45, 7) is 0.271. The van der Waals surface area contributed by atoms with Crippen LogP contribution in [0, 0.1) is 10.1 Å². The molecule has 1 aliphatic heterocycles. The van der Waals surface area contributed by atoms with Crippen molar-refractivity contribution in [3.63, 3.8) is 0 Å². The number of nitrogens with zero attached hydrogens (tertiary/aromatic N) is 2. The van der Waals surface area contributed by atoms with Crippen molar-refractivity contribution in [2.24, 2.45) is 0 Å². The number of non-ortho nitro benzene ring substituents is 1. The normalized spacial score (nSPS) is 14.5. The van der Waals surface area contributed by atoms with Gasteiger partial charge in [-0.25, -0.2) is 0 Å². The number of benzene rings is 3. The van der Waals surface area contributed by atoms with Crippen molar-refractivity contribution in [3.8, 4) is 11.5 Å². The molecule has 0 aliphatic carbocycles. The Morgan fingerprint density at radius 2 is 1.88 bits per heavy atom. The number of halogens is 1. The van der Waals surface area contributed by atoms with Gasteiger partial charge in [-0.15, -0.1) is 0 Å². The van der Waals surface area contributed by atoms with Gasteiger partial charge < -0.3 is 9.47 Å². The number of anilines is 1. The highest BCUT2D eigenvalue weighted by Crippen LogP contribution is 2.40. The Balaban J connectivity index is 1.64. The van der Waals surface area contributed by atoms with Gasteiger partial charge in [0.2, 0.25) is 0 Å². The fourth-order valence-electron chi connectivity index (χ4n) is 3.28. The molecule has 1 saturated heterocycles. The highest BCUT2D eigenvalue weighted by Gasteiger charge is 2.34. The van der Waals surface area contributed by atoms with Gasteiger partial charge in [0.15, 0.2) is 15.8 Å². The maximum Gasteiger partial charge on any atom is 0.271 e. The number of carbonyl (C=O) groups is 1. The van der Waals surface area contributed by atoms with E-state index in [0.717, 1.165) is 17.3 Å². The monoisotopic (exact) mass is 512 g/mol. The summed E-state index contributed by atoms with van der Waals surface area (Å²) in [5.74, 6) is 0.611. The van der Waals surface area contributed by atoms with Gasteiger partial charge in [0.05, 0.1) is 22.6 Å². The van der Waals surface area contributed by atoms with E-state index in [1.165, 1.54) is 30.2 Å². The highest BCUT2D eigenvalue weighted by atomic mass is 35.5. The fraction of sp³-hybridized carbons (Fsp3) is 0.0833. The van der Waals surface area contributed by atoms with E-state index in [4.69, 9.17) is 33.3 Å². The minimum Gasteiger partial charge on any atom is -0.493 e. The van der Waals surface area contributed by atoms with Gasteiger partial charge in [-0.3, -0.25) is 19.8 Å². The number of amides is 1. The molecule has 1 heterocycles. The quantitative estimate of drug-likeness (QED) is 0.160. The van der Waals surface area contributed by atoms with Gasteiger partial charge in [0.25, 0.3) is 11.6 Å². The molecule has 0 N–H and O–H groups in total. The van der Waals surface area contributed by atoms with Crippen molar-refractivity contribution in [2.75, 3.05) is 12.0 Å². The third-order valence-electron chi connectivity index (χ3n) is 4.90. The minimum atomic E-state index is -0.516. The van der Waals surface area contributed by atoms with Crippen molar-refractivity contribution < 1.29 is 19.2 Å². The summed E-state index contributed by atoms with van der Waals surface area (Å²) in [4.78, 5) is 25.4. The van der Waals surface area contributed by atoms with Crippen LogP contribution in [-0.2, 0) is 11.4 Å². The number of nitro benzene ring substituents is 1. The summed E-state index contributed by atoms with van der Waals surface area (Å²) in [6.07, 6.45) is 1.68. The topological polar surface area (TPSA) is 81.9 Å². The molecule has 0 saturated carbocycles. The number of para-hydroxylation sites is 1. The lowest BCUT2D eigenvalue weighted by Crippen LogP contribution is -2.27. The van der Waals surface area contributed by atoms with E-state index in [1.54, 1.807) is 42.5 Å². The van der Waals surface area contributed by atoms with Gasteiger partial charge in [0.1, 0.15) is 6.61 Å². The third kappa shape index (κ3) is 5.06. The summed E-state index contributed by atoms with van der Waals surface area (Å²) < 4.78 is 11.8. The van der Waals surface area contributed by atoms with E-state index in [0.29, 0.717) is 32.7 Å². The van der Waals surface area contributed by atoms with Crippen LogP contribution in [0.15, 0.2) is 71.6 Å². The summed E-state index contributed by atoms with van der Waals surface area (Å²) in [5, 5.41) is 11.8. The zero-order valence-electron chi connectivity index (χ0n) is 17.8. The lowest BCUT2D eigenvalue weighted by Gasteiger charge is -2.15. The molecule has 172 valence electrons. The number of rotatable bonds is 7. The molecule has 7 nitrogen and oxygen atoms in total. The zero-order valence-corrected chi connectivity index (χ0v) is 20.2. The molecular weight excluding hydrogens is 496 g/mol. The predicted molar refractivity (Wildman–Crippen MR) is 138 cm³/mol. The van der Waals surface area contributed by atoms with E-state index in [-0.39, 0.29) is 22.5 Å². The predicted octanol–water partition coefficient (Wildman–Crippen LogP) is 6.24. The van der Waals surface area contributed by atoms with Crippen molar-refractivity contribution in [1.82, 2.24) is 0 Å². The first-order valence-electron chi connectivity index (χ1n) is 9.94. The van der Waals surface area contributed by atoms with E-state index >= 15 is 0 Å². The van der Waals surface area contributed by atoms with E-state index in [1.807, 2.05) is 12.1 Å². The number of thiocarbonyl (C=S) groups is 1. The molecule has 1 amide bonds. The first-order valence-corrected chi connectivity index (χ1v) is 11.5. The maximum atomic E-state index is 13.2. The van der Waals surface area contributed by atoms with E-state index < -0.39 is 4.92 Å². The second-order valence-corrected chi connectivity index (χ2v) is 9.20. The smallest absolute Gasteiger partial charge is 0.271 e. The van der Waals surface area contributed by atoms with Gasteiger partial charge in [-0.05, 0) is 35.9 Å². The molecule has 1 aliphatic rings. The molecule has 0 bridgehead atoms. The molecule has 0 spiro atoms. The van der Waals surface area contributed by atoms with Crippen LogP contribution in [-0.4, -0.2) is 22.3 Å². The lowest BCUT2D eigenvalue weighted by atomic mass is 10.1. The minimum absolute atomic E-state index is 0.124. The van der Waals surface area contributed by atoms with E-state index in [9.17, 15) is 14.9 Å². The van der Waals surface area contributed by atoms with Crippen LogP contribution < -0.4 is 14.4 Å². The Labute approximate surface area is 210 Å². The summed E-state index contributed by atoms with van der Waals surface area (Å²) >= 11 is 12.5. The average molecular weight is 513 g/mol. The Bertz CT molecular complexity index is 1310. The van der Waals surface area contributed by atoms with E-state index in [2.05, 4.69) is 0 Å². The Morgan fingerprint density at radius 3 is 2.59 bits per heavy atom. The van der Waals surface area contributed by atoms with Crippen LogP contribution in [0.4, 0.5) is 11.4 Å². The van der Waals surface area contributed by atoms with Crippen LogP contribution in [0.5, 0.6) is 11.5 Å². The Kier molecular flexibility index (Phi) is 7.16. The summed E-state index contributed by atoms with van der Waals surface area (Å²) in [6, 6.07) is 18.4. The number of carbonyl (C=O) groups excluding carboxylic acids is 1. The molecule has 0 radical (unpaired) electrons. The van der Waals surface area contributed by atoms with Crippen LogP contribution in [0.2, 0.25) is 5.02 Å². The Morgan fingerprint density at radius 1 is 1.15 bits per heavy atom. The Hall–Kier alpha value is -3.40. The van der Waals surface area contributed by atoms with Gasteiger partial charge >= 0.3 is 0 Å². The molecule has 1 fully saturated rings. The largest absolute Gasteiger partial charge is 0.493 e. The molecule has 0 unspecified atom stereocenters. The maximum absolute atomic E-state index is 13.2. The van der Waals surface area contributed by atoms with Crippen LogP contribution in [0.3, 0.4) is 0 Å². The summed E-state index contributed by atoms with van der Waals surface area (Å²) in [7, 11) is 1.54. The van der Waals surface area contributed by atoms with Crippen LogP contribution >= 0.6 is 35.6 Å². The molecule has 3 aromatic carbocycles. The molecule has 0 atom stereocenters. The third-order valence-corrected chi connectivity index (χ3v) is 6.46. The first-order chi connectivity index (χ1) is 16.4. The number of hydrogen-bond acceptors (Lipinski definition) is 7. The molecule has 34 heavy (non-hydrogen) atoms. The van der Waals surface area contributed by atoms with Crippen molar-refractivity contribution >= 4 is 63.3 Å². The number of hydrogen-bond donors (Lipinski definition) is 0. The average Bonchev–Trinajstić information content (AvgIpc) is 3.11. The van der Waals surface area contributed by atoms with Crippen molar-refractivity contribution in [2.45, 2.75) is 6.61 Å². The van der Waals surface area contributed by atoms with Gasteiger partial charge in [-0.1, -0.05) is 65.9 Å². The van der Waals surface area contributed by atoms with Crippen LogP contribution in [0.1, 0.15) is 11.1 Å². The standard InChI is InChI=1S/C24H17ClN2O5S2/c1-31-20-7-2-4-16(22(20)32-14-15-8-10-17(25)11-9-15)12-21-23(28)26(24(33)34-21)18-5-3-6-19(13-18)27(29)30/h2-13H,14H2,1H3/b21-12-. The van der Waals surface area contributed by atoms with Crippen LogP contribution in [0.25, 0.3) is 6.08 Å². The molecule has 3 aromatic rings. The molecule has 4 rings (SSSR count). The lowest BCUT2D eigenvalue weighted by molar-refractivity contribution is -0.384. The molecular formula is C24H17ClN2O5S2. The second-order valence-electron chi connectivity index (χ2n) is 7.09. The van der Waals surface area contributed by atoms with Gasteiger partial charge in [0, 0.05) is 22.7 Å². The molecule has 10 heteroatoms. The second kappa shape index (κ2) is 10.3. The number of methoxy groups -OCH3 is 1. The van der Waals surface area contributed by atoms with Gasteiger partial charge in [-0.2, -0.15) is 0 Å². The zero-order chi connectivity index (χ0) is 24.2. The van der Waals surface area contributed by atoms with Crippen molar-refractivity contribution in [1.29, 1.82) is 0 Å². The highest BCUT2D eigenvalue weighted by molar-refractivity contribution is 8.27.